The second kappa shape index (κ2) is 13.6. The first-order valence-electron chi connectivity index (χ1n) is 14.9. The van der Waals surface area contributed by atoms with Gasteiger partial charge >= 0.3 is 0 Å². The van der Waals surface area contributed by atoms with Crippen molar-refractivity contribution in [3.63, 3.8) is 0 Å². The highest BCUT2D eigenvalue weighted by atomic mass is 32.2. The zero-order valence-electron chi connectivity index (χ0n) is 24.3. The number of furan rings is 1. The van der Waals surface area contributed by atoms with E-state index in [9.17, 15) is 18.0 Å². The lowest BCUT2D eigenvalue weighted by atomic mass is 9.73. The lowest BCUT2D eigenvalue weighted by molar-refractivity contribution is -0.122. The quantitative estimate of drug-likeness (QED) is 0.163. The minimum atomic E-state index is -4.15. The molecule has 1 aliphatic carbocycles. The van der Waals surface area contributed by atoms with Crippen molar-refractivity contribution in [3.8, 4) is 11.3 Å². The van der Waals surface area contributed by atoms with Gasteiger partial charge in [-0.05, 0) is 85.2 Å². The Kier molecular flexibility index (Phi) is 9.62. The summed E-state index contributed by atoms with van der Waals surface area (Å²) < 4.78 is 36.7. The molecule has 5 rings (SSSR count). The van der Waals surface area contributed by atoms with Crippen molar-refractivity contribution in [2.45, 2.75) is 45.4 Å². The number of anilines is 1. The van der Waals surface area contributed by atoms with Crippen molar-refractivity contribution in [3.05, 3.63) is 90.0 Å². The number of carbonyl (C=O) groups is 2. The lowest BCUT2D eigenvalue weighted by Gasteiger charge is -2.33. The van der Waals surface area contributed by atoms with E-state index in [0.29, 0.717) is 17.9 Å². The average molecular weight is 603 g/mol. The summed E-state index contributed by atoms with van der Waals surface area (Å²) in [6, 6.07) is 24.7. The smallest absolute Gasteiger partial charge is 0.266 e. The molecule has 1 heterocycles. The standard InChI is InChI=1S/C34H38N2O6S/c1-2-23-7-11-25(12-8-23)30(21-24-9-13-27(14-10-24)33(37)35-19-20-43(39,40)41)34(38)36-29-17-15-26(16-18-29)32-22-28-5-3-4-6-31(28)42-32/h3-6,9-10,13-18,22-23,25,30H,2,7-8,11-12,19-21H2,1H3,(H,35,37)(H,36,38)(H,39,40,41). The van der Waals surface area contributed by atoms with Crippen molar-refractivity contribution < 1.29 is 27.0 Å². The minimum Gasteiger partial charge on any atom is -0.456 e. The third-order valence-electron chi connectivity index (χ3n) is 8.55. The maximum absolute atomic E-state index is 13.8. The molecule has 2 amide bonds. The monoisotopic (exact) mass is 602 g/mol. The van der Waals surface area contributed by atoms with Crippen LogP contribution in [-0.4, -0.2) is 37.1 Å². The van der Waals surface area contributed by atoms with Gasteiger partial charge in [0.25, 0.3) is 16.0 Å². The summed E-state index contributed by atoms with van der Waals surface area (Å²) in [5.41, 5.74) is 3.83. The number of para-hydroxylation sites is 1. The second-order valence-corrected chi connectivity index (χ2v) is 13.0. The average Bonchev–Trinajstić information content (AvgIpc) is 3.44. The van der Waals surface area contributed by atoms with E-state index >= 15 is 0 Å². The third kappa shape index (κ3) is 8.12. The number of rotatable bonds is 11. The highest BCUT2D eigenvalue weighted by molar-refractivity contribution is 7.85. The van der Waals surface area contributed by atoms with Gasteiger partial charge in [0.15, 0.2) is 0 Å². The Morgan fingerprint density at radius 3 is 2.30 bits per heavy atom. The van der Waals surface area contributed by atoms with Crippen molar-refractivity contribution in [1.82, 2.24) is 5.32 Å². The van der Waals surface area contributed by atoms with Crippen LogP contribution in [0, 0.1) is 17.8 Å². The first kappa shape index (κ1) is 30.5. The maximum Gasteiger partial charge on any atom is 0.266 e. The first-order valence-corrected chi connectivity index (χ1v) is 16.5. The largest absolute Gasteiger partial charge is 0.456 e. The van der Waals surface area contributed by atoms with Crippen molar-refractivity contribution in [1.29, 1.82) is 0 Å². The Labute approximate surface area is 252 Å². The molecule has 1 fully saturated rings. The van der Waals surface area contributed by atoms with Gasteiger partial charge in [-0.1, -0.05) is 56.5 Å². The molecule has 0 saturated heterocycles. The van der Waals surface area contributed by atoms with E-state index < -0.39 is 21.8 Å². The van der Waals surface area contributed by atoms with Gasteiger partial charge in [-0.3, -0.25) is 14.1 Å². The molecule has 0 aliphatic heterocycles. The summed E-state index contributed by atoms with van der Waals surface area (Å²) in [5.74, 6) is 0.557. The normalized spacial score (nSPS) is 17.8. The van der Waals surface area contributed by atoms with Crippen LogP contribution in [-0.2, 0) is 21.3 Å². The summed E-state index contributed by atoms with van der Waals surface area (Å²) >= 11 is 0. The summed E-state index contributed by atoms with van der Waals surface area (Å²) in [7, 11) is -4.15. The Morgan fingerprint density at radius 2 is 1.65 bits per heavy atom. The highest BCUT2D eigenvalue weighted by Gasteiger charge is 2.32. The van der Waals surface area contributed by atoms with Crippen LogP contribution in [0.15, 0.2) is 83.3 Å². The number of benzene rings is 3. The topological polar surface area (TPSA) is 126 Å². The van der Waals surface area contributed by atoms with Gasteiger partial charge in [-0.15, -0.1) is 0 Å². The summed E-state index contributed by atoms with van der Waals surface area (Å²) in [6.45, 7) is 2.05. The molecule has 1 aliphatic rings. The van der Waals surface area contributed by atoms with Gasteiger partial charge in [0, 0.05) is 34.7 Å². The van der Waals surface area contributed by atoms with Crippen molar-refractivity contribution in [2.24, 2.45) is 17.8 Å². The SMILES string of the molecule is CCC1CCC(C(Cc2ccc(C(=O)NCCS(=O)(=O)O)cc2)C(=O)Nc2ccc(-c3cc4ccccc4o3)cc2)CC1. The lowest BCUT2D eigenvalue weighted by Crippen LogP contribution is -2.33. The van der Waals surface area contributed by atoms with E-state index in [4.69, 9.17) is 8.97 Å². The van der Waals surface area contributed by atoms with Crippen molar-refractivity contribution >= 4 is 38.6 Å². The van der Waals surface area contributed by atoms with Crippen LogP contribution < -0.4 is 10.6 Å². The van der Waals surface area contributed by atoms with Gasteiger partial charge in [0.2, 0.25) is 5.91 Å². The van der Waals surface area contributed by atoms with E-state index in [2.05, 4.69) is 17.6 Å². The fourth-order valence-electron chi connectivity index (χ4n) is 5.99. The molecule has 43 heavy (non-hydrogen) atoms. The fraction of sp³-hybridized carbons (Fsp3) is 0.353. The van der Waals surface area contributed by atoms with Crippen LogP contribution in [0.2, 0.25) is 0 Å². The molecule has 1 saturated carbocycles. The van der Waals surface area contributed by atoms with E-state index in [1.165, 1.54) is 0 Å². The third-order valence-corrected chi connectivity index (χ3v) is 9.27. The first-order chi connectivity index (χ1) is 20.7. The fourth-order valence-corrected chi connectivity index (χ4v) is 6.35. The molecule has 1 unspecified atom stereocenters. The van der Waals surface area contributed by atoms with Gasteiger partial charge in [0.1, 0.15) is 11.3 Å². The van der Waals surface area contributed by atoms with Crippen LogP contribution in [0.4, 0.5) is 5.69 Å². The molecule has 3 N–H and O–H groups in total. The predicted molar refractivity (Wildman–Crippen MR) is 168 cm³/mol. The van der Waals surface area contributed by atoms with E-state index in [-0.39, 0.29) is 24.3 Å². The molecule has 0 radical (unpaired) electrons. The molecule has 9 heteroatoms. The summed E-state index contributed by atoms with van der Waals surface area (Å²) in [6.07, 6.45) is 5.98. The Hall–Kier alpha value is -3.95. The zero-order chi connectivity index (χ0) is 30.4. The minimum absolute atomic E-state index is 0.0107. The highest BCUT2D eigenvalue weighted by Crippen LogP contribution is 2.37. The molecule has 8 nitrogen and oxygen atoms in total. The van der Waals surface area contributed by atoms with Crippen LogP contribution in [0.5, 0.6) is 0 Å². The Balaban J connectivity index is 1.27. The van der Waals surface area contributed by atoms with Gasteiger partial charge in [-0.25, -0.2) is 0 Å². The predicted octanol–water partition coefficient (Wildman–Crippen LogP) is 6.73. The molecule has 0 spiro atoms. The van der Waals surface area contributed by atoms with Crippen molar-refractivity contribution in [2.75, 3.05) is 17.6 Å². The summed E-state index contributed by atoms with van der Waals surface area (Å²) in [4.78, 5) is 26.1. The molecule has 1 atom stereocenters. The molecule has 4 aromatic rings. The molecule has 1 aromatic heterocycles. The van der Waals surface area contributed by atoms with Gasteiger partial charge in [0.05, 0.1) is 5.75 Å². The number of carbonyl (C=O) groups excluding carboxylic acids is 2. The van der Waals surface area contributed by atoms with Crippen LogP contribution >= 0.6 is 0 Å². The Bertz CT molecular complexity index is 1620. The summed E-state index contributed by atoms with van der Waals surface area (Å²) in [5, 5.41) is 6.69. The second-order valence-electron chi connectivity index (χ2n) is 11.5. The molecule has 0 bridgehead atoms. The molecule has 226 valence electrons. The van der Waals surface area contributed by atoms with Crippen LogP contribution in [0.3, 0.4) is 0 Å². The number of hydrogen-bond donors (Lipinski definition) is 3. The van der Waals surface area contributed by atoms with Gasteiger partial charge < -0.3 is 15.1 Å². The molecular formula is C34H38N2O6S. The number of amides is 2. The number of nitrogens with one attached hydrogen (secondary N) is 2. The molecule has 3 aromatic carbocycles. The number of fused-ring (bicyclic) bond motifs is 1. The van der Waals surface area contributed by atoms with Crippen LogP contribution in [0.25, 0.3) is 22.3 Å². The van der Waals surface area contributed by atoms with Gasteiger partial charge in [-0.2, -0.15) is 8.42 Å². The number of hydrogen-bond acceptors (Lipinski definition) is 5. The Morgan fingerprint density at radius 1 is 0.953 bits per heavy atom. The maximum atomic E-state index is 13.8. The van der Waals surface area contributed by atoms with Crippen LogP contribution in [0.1, 0.15) is 54.9 Å². The molecular weight excluding hydrogens is 564 g/mol. The van der Waals surface area contributed by atoms with E-state index in [1.807, 2.05) is 66.7 Å². The van der Waals surface area contributed by atoms with E-state index in [0.717, 1.165) is 65.6 Å². The van der Waals surface area contributed by atoms with E-state index in [1.54, 1.807) is 12.1 Å². The zero-order valence-corrected chi connectivity index (χ0v) is 25.1.